The molecular formula is C19H40N2. The highest BCUT2D eigenvalue weighted by Gasteiger charge is 2.33. The van der Waals surface area contributed by atoms with Crippen molar-refractivity contribution >= 4 is 0 Å². The molecule has 0 radical (unpaired) electrons. The van der Waals surface area contributed by atoms with Crippen LogP contribution in [0.5, 0.6) is 0 Å². The molecule has 0 unspecified atom stereocenters. The molecule has 0 heterocycles. The van der Waals surface area contributed by atoms with Crippen LogP contribution in [-0.4, -0.2) is 36.6 Å². The Morgan fingerprint density at radius 1 is 0.905 bits per heavy atom. The Morgan fingerprint density at radius 3 is 1.90 bits per heavy atom. The Kier molecular flexibility index (Phi) is 8.26. The first kappa shape index (κ1) is 19.0. The molecule has 1 aliphatic carbocycles. The predicted molar refractivity (Wildman–Crippen MR) is 94.8 cm³/mol. The molecule has 1 aliphatic rings. The van der Waals surface area contributed by atoms with E-state index < -0.39 is 0 Å². The molecule has 0 amide bonds. The first-order chi connectivity index (χ1) is 9.84. The lowest BCUT2D eigenvalue weighted by molar-refractivity contribution is 0.0917. The molecule has 1 N–H and O–H groups in total. The summed E-state index contributed by atoms with van der Waals surface area (Å²) in [6, 6.07) is 1.26. The molecule has 2 nitrogen and oxygen atoms in total. The van der Waals surface area contributed by atoms with Gasteiger partial charge in [-0.2, -0.15) is 0 Å². The van der Waals surface area contributed by atoms with Crippen molar-refractivity contribution in [2.24, 2.45) is 11.3 Å². The topological polar surface area (TPSA) is 15.3 Å². The van der Waals surface area contributed by atoms with Crippen LogP contribution in [0, 0.1) is 11.3 Å². The van der Waals surface area contributed by atoms with Crippen LogP contribution >= 0.6 is 0 Å². The molecule has 1 fully saturated rings. The molecule has 0 aromatic rings. The van der Waals surface area contributed by atoms with Crippen molar-refractivity contribution in [1.82, 2.24) is 10.2 Å². The van der Waals surface area contributed by atoms with E-state index in [1.54, 1.807) is 0 Å². The summed E-state index contributed by atoms with van der Waals surface area (Å²) in [5, 5.41) is 3.75. The van der Waals surface area contributed by atoms with Gasteiger partial charge in [-0.05, 0) is 38.0 Å². The van der Waals surface area contributed by atoms with E-state index in [4.69, 9.17) is 0 Å². The van der Waals surface area contributed by atoms with E-state index in [2.05, 4.69) is 51.8 Å². The Hall–Kier alpha value is -0.0800. The Morgan fingerprint density at radius 2 is 1.48 bits per heavy atom. The van der Waals surface area contributed by atoms with Crippen LogP contribution in [-0.2, 0) is 0 Å². The summed E-state index contributed by atoms with van der Waals surface area (Å²) >= 11 is 0. The molecule has 126 valence electrons. The average molecular weight is 297 g/mol. The van der Waals surface area contributed by atoms with E-state index in [0.29, 0.717) is 17.5 Å². The van der Waals surface area contributed by atoms with Gasteiger partial charge in [-0.25, -0.2) is 0 Å². The monoisotopic (exact) mass is 296 g/mol. The van der Waals surface area contributed by atoms with Crippen molar-refractivity contribution < 1.29 is 0 Å². The molecule has 0 atom stereocenters. The van der Waals surface area contributed by atoms with Crippen molar-refractivity contribution in [3.8, 4) is 0 Å². The fraction of sp³-hybridized carbons (Fsp3) is 1.00. The average Bonchev–Trinajstić information content (AvgIpc) is 2.61. The minimum atomic E-state index is 0.500. The zero-order valence-electron chi connectivity index (χ0n) is 15.5. The lowest BCUT2D eigenvalue weighted by Crippen LogP contribution is -2.48. The van der Waals surface area contributed by atoms with Gasteiger partial charge in [0, 0.05) is 31.7 Å². The first-order valence-electron chi connectivity index (χ1n) is 9.32. The van der Waals surface area contributed by atoms with Gasteiger partial charge in [0.1, 0.15) is 0 Å². The highest BCUT2D eigenvalue weighted by Crippen LogP contribution is 2.36. The van der Waals surface area contributed by atoms with Crippen LogP contribution < -0.4 is 5.32 Å². The van der Waals surface area contributed by atoms with Gasteiger partial charge in [-0.15, -0.1) is 0 Å². The lowest BCUT2D eigenvalue weighted by Gasteiger charge is -2.41. The molecule has 0 saturated heterocycles. The van der Waals surface area contributed by atoms with Crippen LogP contribution in [0.3, 0.4) is 0 Å². The maximum absolute atomic E-state index is 3.75. The van der Waals surface area contributed by atoms with E-state index in [1.807, 2.05) is 0 Å². The fourth-order valence-electron chi connectivity index (χ4n) is 3.65. The van der Waals surface area contributed by atoms with Gasteiger partial charge in [0.2, 0.25) is 0 Å². The highest BCUT2D eigenvalue weighted by molar-refractivity contribution is 4.88. The minimum Gasteiger partial charge on any atom is -0.314 e. The fourth-order valence-corrected chi connectivity index (χ4v) is 3.65. The lowest BCUT2D eigenvalue weighted by atomic mass is 9.79. The summed E-state index contributed by atoms with van der Waals surface area (Å²) in [5.41, 5.74) is 0.500. The molecule has 1 rings (SSSR count). The molecule has 0 spiro atoms. The van der Waals surface area contributed by atoms with Crippen molar-refractivity contribution in [2.45, 2.75) is 92.2 Å². The molecule has 0 aromatic carbocycles. The molecule has 0 bridgehead atoms. The van der Waals surface area contributed by atoms with Crippen LogP contribution in [0.1, 0.15) is 80.1 Å². The third kappa shape index (κ3) is 7.15. The first-order valence-corrected chi connectivity index (χ1v) is 9.32. The Labute approximate surface area is 134 Å². The molecule has 1 saturated carbocycles. The minimum absolute atomic E-state index is 0.500. The van der Waals surface area contributed by atoms with Crippen molar-refractivity contribution in [1.29, 1.82) is 0 Å². The Balaban J connectivity index is 2.77. The second kappa shape index (κ2) is 9.15. The molecule has 21 heavy (non-hydrogen) atoms. The summed E-state index contributed by atoms with van der Waals surface area (Å²) in [6.45, 7) is 17.7. The van der Waals surface area contributed by atoms with Crippen LogP contribution in [0.2, 0.25) is 0 Å². The van der Waals surface area contributed by atoms with E-state index in [-0.39, 0.29) is 0 Å². The smallest absolute Gasteiger partial charge is 0.00530 e. The number of nitrogens with zero attached hydrogens (tertiary/aromatic N) is 1. The van der Waals surface area contributed by atoms with E-state index in [0.717, 1.165) is 5.92 Å². The molecule has 2 heteroatoms. The maximum Gasteiger partial charge on any atom is 0.00530 e. The van der Waals surface area contributed by atoms with E-state index in [9.17, 15) is 0 Å². The third-order valence-corrected chi connectivity index (χ3v) is 4.92. The third-order valence-electron chi connectivity index (χ3n) is 4.92. The number of hydrogen-bond donors (Lipinski definition) is 1. The molecule has 0 aromatic heterocycles. The van der Waals surface area contributed by atoms with Gasteiger partial charge in [-0.3, -0.25) is 0 Å². The largest absolute Gasteiger partial charge is 0.314 e. The second-order valence-corrected chi connectivity index (χ2v) is 8.37. The number of nitrogens with one attached hydrogen (secondary N) is 1. The zero-order valence-corrected chi connectivity index (χ0v) is 15.5. The summed E-state index contributed by atoms with van der Waals surface area (Å²) in [6.07, 6.45) is 8.55. The van der Waals surface area contributed by atoms with Crippen molar-refractivity contribution in [2.75, 3.05) is 19.6 Å². The number of rotatable bonds is 8. The van der Waals surface area contributed by atoms with Crippen molar-refractivity contribution in [3.05, 3.63) is 0 Å². The summed E-state index contributed by atoms with van der Waals surface area (Å²) < 4.78 is 0. The summed E-state index contributed by atoms with van der Waals surface area (Å²) in [7, 11) is 0. The summed E-state index contributed by atoms with van der Waals surface area (Å²) in [4.78, 5) is 2.73. The van der Waals surface area contributed by atoms with Crippen LogP contribution in [0.15, 0.2) is 0 Å². The van der Waals surface area contributed by atoms with Crippen LogP contribution in [0.25, 0.3) is 0 Å². The van der Waals surface area contributed by atoms with Gasteiger partial charge in [-0.1, -0.05) is 53.4 Å². The van der Waals surface area contributed by atoms with E-state index >= 15 is 0 Å². The van der Waals surface area contributed by atoms with Gasteiger partial charge < -0.3 is 10.2 Å². The Bertz CT molecular complexity index is 263. The van der Waals surface area contributed by atoms with E-state index in [1.165, 1.54) is 58.2 Å². The maximum atomic E-state index is 3.75. The zero-order chi connectivity index (χ0) is 15.9. The standard InChI is InChI=1S/C19H40N2/c1-16(2)13-21(18(5)6)15-19(14-20-17(3)4)11-9-7-8-10-12-19/h16-18,20H,7-15H2,1-6H3. The molecule has 0 aliphatic heterocycles. The quantitative estimate of drug-likeness (QED) is 0.654. The predicted octanol–water partition coefficient (Wildman–Crippen LogP) is 4.69. The SMILES string of the molecule is CC(C)CN(CC1(CNC(C)C)CCCCCC1)C(C)C. The van der Waals surface area contributed by atoms with Crippen molar-refractivity contribution in [3.63, 3.8) is 0 Å². The van der Waals surface area contributed by atoms with Gasteiger partial charge in [0.25, 0.3) is 0 Å². The second-order valence-electron chi connectivity index (χ2n) is 8.37. The number of hydrogen-bond acceptors (Lipinski definition) is 2. The highest BCUT2D eigenvalue weighted by atomic mass is 15.2. The molecular weight excluding hydrogens is 256 g/mol. The van der Waals surface area contributed by atoms with Gasteiger partial charge in [0.15, 0.2) is 0 Å². The van der Waals surface area contributed by atoms with Crippen LogP contribution in [0.4, 0.5) is 0 Å². The van der Waals surface area contributed by atoms with Gasteiger partial charge in [0.05, 0.1) is 0 Å². The normalized spacial score (nSPS) is 19.7. The summed E-state index contributed by atoms with van der Waals surface area (Å²) in [5.74, 6) is 0.758. The van der Waals surface area contributed by atoms with Gasteiger partial charge >= 0.3 is 0 Å².